The molecule has 8 nitrogen and oxygen atoms in total. The first kappa shape index (κ1) is 18.6. The number of amides is 2. The largest absolute Gasteiger partial charge is 0.350 e. The summed E-state index contributed by atoms with van der Waals surface area (Å²) in [5.41, 5.74) is 0. The molecule has 132 valence electrons. The van der Waals surface area contributed by atoms with Gasteiger partial charge in [-0.05, 0) is 31.9 Å². The number of carbonyl (C=O) groups excluding carboxylic acids is 2. The summed E-state index contributed by atoms with van der Waals surface area (Å²) in [6, 6.07) is 2.42. The average molecular weight is 375 g/mol. The van der Waals surface area contributed by atoms with Crippen LogP contribution in [0.2, 0.25) is 0 Å². The summed E-state index contributed by atoms with van der Waals surface area (Å²) in [6.45, 7) is 2.15. The van der Waals surface area contributed by atoms with Crippen LogP contribution in [0, 0.1) is 10.1 Å². The first-order chi connectivity index (χ1) is 11.1. The third-order valence-corrected chi connectivity index (χ3v) is 5.23. The molecular formula is C14H19ClN4O4S. The van der Waals surface area contributed by atoms with E-state index >= 15 is 0 Å². The van der Waals surface area contributed by atoms with Gasteiger partial charge in [0.25, 0.3) is 5.91 Å². The van der Waals surface area contributed by atoms with E-state index in [-0.39, 0.29) is 35.3 Å². The Labute approximate surface area is 149 Å². The topological polar surface area (TPSA) is 105 Å². The van der Waals surface area contributed by atoms with E-state index in [4.69, 9.17) is 0 Å². The molecule has 0 radical (unpaired) electrons. The zero-order valence-corrected chi connectivity index (χ0v) is 14.5. The Bertz CT molecular complexity index is 632. The summed E-state index contributed by atoms with van der Waals surface area (Å²) >= 11 is 0.851. The number of nitro groups is 1. The highest BCUT2D eigenvalue weighted by atomic mass is 35.5. The van der Waals surface area contributed by atoms with Crippen molar-refractivity contribution in [3.63, 3.8) is 0 Å². The van der Waals surface area contributed by atoms with Crippen LogP contribution < -0.4 is 10.6 Å². The molecule has 2 unspecified atom stereocenters. The standard InChI is InChI=1S/C14H18N4O4S.ClH/c19-13(16-9-5-6-15-8-9)10-2-1-7-17(10)14(20)11-3-4-12(23-11)18(21)22;/h3-4,9-10,15H,1-2,5-8H2,(H,16,19);1H. The SMILES string of the molecule is Cl.O=C(NC1CCNC1)C1CCCN1C(=O)c1ccc([N+](=O)[O-])s1. The minimum atomic E-state index is -0.511. The number of likely N-dealkylation sites (tertiary alicyclic amines) is 1. The number of nitrogens with one attached hydrogen (secondary N) is 2. The first-order valence-corrected chi connectivity index (χ1v) is 8.44. The number of nitrogens with zero attached hydrogens (tertiary/aromatic N) is 2. The maximum Gasteiger partial charge on any atom is 0.324 e. The van der Waals surface area contributed by atoms with Gasteiger partial charge in [0, 0.05) is 25.2 Å². The second kappa shape index (κ2) is 7.91. The minimum Gasteiger partial charge on any atom is -0.350 e. The quantitative estimate of drug-likeness (QED) is 0.607. The van der Waals surface area contributed by atoms with E-state index in [1.54, 1.807) is 0 Å². The molecule has 2 fully saturated rings. The van der Waals surface area contributed by atoms with Crippen LogP contribution in [0.3, 0.4) is 0 Å². The highest BCUT2D eigenvalue weighted by Gasteiger charge is 2.36. The molecule has 2 aliphatic heterocycles. The summed E-state index contributed by atoms with van der Waals surface area (Å²) in [5, 5.41) is 16.8. The summed E-state index contributed by atoms with van der Waals surface area (Å²) in [5.74, 6) is -0.430. The molecule has 3 heterocycles. The molecule has 0 aromatic carbocycles. The van der Waals surface area contributed by atoms with Crippen LogP contribution in [0.1, 0.15) is 28.9 Å². The molecule has 2 atom stereocenters. The predicted octanol–water partition coefficient (Wildman–Crippen LogP) is 1.16. The van der Waals surface area contributed by atoms with E-state index < -0.39 is 11.0 Å². The van der Waals surface area contributed by atoms with Crippen LogP contribution in [0.5, 0.6) is 0 Å². The Hall–Kier alpha value is -1.71. The van der Waals surface area contributed by atoms with E-state index in [0.29, 0.717) is 17.8 Å². The molecule has 0 spiro atoms. The molecule has 2 saturated heterocycles. The average Bonchev–Trinajstić information content (AvgIpc) is 3.26. The Kier molecular flexibility index (Phi) is 6.14. The number of carbonyl (C=O) groups is 2. The zero-order valence-electron chi connectivity index (χ0n) is 12.9. The normalized spacial score (nSPS) is 22.9. The molecule has 24 heavy (non-hydrogen) atoms. The van der Waals surface area contributed by atoms with Crippen LogP contribution in [-0.4, -0.2) is 53.4 Å². The van der Waals surface area contributed by atoms with Crippen molar-refractivity contribution in [2.75, 3.05) is 19.6 Å². The Balaban J connectivity index is 0.00000208. The van der Waals surface area contributed by atoms with Crippen LogP contribution in [-0.2, 0) is 4.79 Å². The van der Waals surface area contributed by atoms with Crippen molar-refractivity contribution in [2.24, 2.45) is 0 Å². The van der Waals surface area contributed by atoms with Gasteiger partial charge in [0.2, 0.25) is 5.91 Å². The van der Waals surface area contributed by atoms with Crippen LogP contribution in [0.4, 0.5) is 5.00 Å². The highest BCUT2D eigenvalue weighted by Crippen LogP contribution is 2.28. The third-order valence-electron chi connectivity index (χ3n) is 4.21. The van der Waals surface area contributed by atoms with E-state index in [1.165, 1.54) is 17.0 Å². The van der Waals surface area contributed by atoms with Gasteiger partial charge >= 0.3 is 5.00 Å². The lowest BCUT2D eigenvalue weighted by Gasteiger charge is -2.24. The van der Waals surface area contributed by atoms with Gasteiger partial charge in [-0.1, -0.05) is 11.3 Å². The lowest BCUT2D eigenvalue weighted by atomic mass is 10.1. The van der Waals surface area contributed by atoms with Crippen molar-refractivity contribution in [2.45, 2.75) is 31.3 Å². The molecule has 0 bridgehead atoms. The van der Waals surface area contributed by atoms with Crippen LogP contribution >= 0.6 is 23.7 Å². The monoisotopic (exact) mass is 374 g/mol. The van der Waals surface area contributed by atoms with Gasteiger partial charge in [-0.15, -0.1) is 12.4 Å². The molecule has 1 aromatic heterocycles. The van der Waals surface area contributed by atoms with Gasteiger partial charge in [-0.2, -0.15) is 0 Å². The summed E-state index contributed by atoms with van der Waals surface area (Å²) in [7, 11) is 0. The number of halogens is 1. The van der Waals surface area contributed by atoms with Gasteiger partial charge in [0.1, 0.15) is 6.04 Å². The molecule has 0 aliphatic carbocycles. The molecule has 2 amide bonds. The van der Waals surface area contributed by atoms with Gasteiger partial charge in [-0.3, -0.25) is 19.7 Å². The summed E-state index contributed by atoms with van der Waals surface area (Å²) in [6.07, 6.45) is 2.29. The fourth-order valence-corrected chi connectivity index (χ4v) is 3.82. The number of hydrogen-bond acceptors (Lipinski definition) is 6. The summed E-state index contributed by atoms with van der Waals surface area (Å²) < 4.78 is 0. The fraction of sp³-hybridized carbons (Fsp3) is 0.571. The molecule has 3 rings (SSSR count). The maximum absolute atomic E-state index is 12.6. The number of thiophene rings is 1. The fourth-order valence-electron chi connectivity index (χ4n) is 3.04. The van der Waals surface area contributed by atoms with Crippen molar-refractivity contribution in [1.82, 2.24) is 15.5 Å². The molecule has 10 heteroatoms. The molecule has 0 saturated carbocycles. The van der Waals surface area contributed by atoms with Gasteiger partial charge in [0.15, 0.2) is 0 Å². The molecular weight excluding hydrogens is 356 g/mol. The summed E-state index contributed by atoms with van der Waals surface area (Å²) in [4.78, 5) is 37.1. The second-order valence-corrected chi connectivity index (χ2v) is 6.81. The maximum atomic E-state index is 12.6. The van der Waals surface area contributed by atoms with E-state index in [2.05, 4.69) is 10.6 Å². The Morgan fingerprint density at radius 1 is 1.38 bits per heavy atom. The van der Waals surface area contributed by atoms with Crippen LogP contribution in [0.25, 0.3) is 0 Å². The van der Waals surface area contributed by atoms with Crippen molar-refractivity contribution in [1.29, 1.82) is 0 Å². The van der Waals surface area contributed by atoms with Gasteiger partial charge in [0.05, 0.1) is 9.80 Å². The van der Waals surface area contributed by atoms with Crippen molar-refractivity contribution in [3.05, 3.63) is 27.1 Å². The van der Waals surface area contributed by atoms with Gasteiger partial charge < -0.3 is 15.5 Å². The smallest absolute Gasteiger partial charge is 0.324 e. The minimum absolute atomic E-state index is 0. The number of hydrogen-bond donors (Lipinski definition) is 2. The molecule has 2 aliphatic rings. The lowest BCUT2D eigenvalue weighted by molar-refractivity contribution is -0.380. The van der Waals surface area contributed by atoms with Crippen molar-refractivity contribution < 1.29 is 14.5 Å². The van der Waals surface area contributed by atoms with Gasteiger partial charge in [-0.25, -0.2) is 0 Å². The van der Waals surface area contributed by atoms with E-state index in [9.17, 15) is 19.7 Å². The predicted molar refractivity (Wildman–Crippen MR) is 91.7 cm³/mol. The lowest BCUT2D eigenvalue weighted by Crippen LogP contribution is -2.49. The van der Waals surface area contributed by atoms with Crippen molar-refractivity contribution >= 4 is 40.6 Å². The molecule has 2 N–H and O–H groups in total. The zero-order chi connectivity index (χ0) is 16.4. The highest BCUT2D eigenvalue weighted by molar-refractivity contribution is 7.17. The third kappa shape index (κ3) is 3.85. The van der Waals surface area contributed by atoms with E-state index in [1.807, 2.05) is 0 Å². The Morgan fingerprint density at radius 2 is 2.17 bits per heavy atom. The first-order valence-electron chi connectivity index (χ1n) is 7.62. The van der Waals surface area contributed by atoms with E-state index in [0.717, 1.165) is 37.3 Å². The van der Waals surface area contributed by atoms with Crippen LogP contribution in [0.15, 0.2) is 12.1 Å². The second-order valence-electron chi connectivity index (χ2n) is 5.75. The van der Waals surface area contributed by atoms with Crippen molar-refractivity contribution in [3.8, 4) is 0 Å². The molecule has 1 aromatic rings. The number of rotatable bonds is 4. The Morgan fingerprint density at radius 3 is 2.79 bits per heavy atom.